The summed E-state index contributed by atoms with van der Waals surface area (Å²) in [5.41, 5.74) is 0.948. The summed E-state index contributed by atoms with van der Waals surface area (Å²) in [5, 5.41) is 14.0. The highest BCUT2D eigenvalue weighted by Crippen LogP contribution is 2.33. The Morgan fingerprint density at radius 3 is 2.08 bits per heavy atom. The standard InChI is InChI=1S/C37H53N7O6/c1-7-12-28(33(46)37(50)41-24(6)25-13-9-8-10-14-25)42-30(45)19-26-15-11-16-27(26)20-40-35(48)31(22(2)3)44-36(49)32(23(4)5)43-34(47)29-21-38-17-18-39-29/h8-10,13-14,17-18,21-24,26-28,31-32H,7,11-12,15-16,19-20H2,1-6H3,(H,40,48)(H,41,50)(H,42,45)(H,43,47)(H,44,49)/t24-,26-,27+,28?,31+,32-/m1/s1. The van der Waals surface area contributed by atoms with Crippen molar-refractivity contribution in [2.75, 3.05) is 6.54 Å². The number of benzene rings is 1. The third-order valence-electron chi connectivity index (χ3n) is 9.18. The summed E-state index contributed by atoms with van der Waals surface area (Å²) in [5.74, 6) is -3.60. The van der Waals surface area contributed by atoms with E-state index in [2.05, 4.69) is 36.6 Å². The molecule has 13 heteroatoms. The number of aromatic nitrogens is 2. The summed E-state index contributed by atoms with van der Waals surface area (Å²) < 4.78 is 0. The zero-order valence-corrected chi connectivity index (χ0v) is 30.0. The first-order valence-electron chi connectivity index (χ1n) is 17.7. The summed E-state index contributed by atoms with van der Waals surface area (Å²) in [7, 11) is 0. The predicted molar refractivity (Wildman–Crippen MR) is 188 cm³/mol. The van der Waals surface area contributed by atoms with Gasteiger partial charge < -0.3 is 26.6 Å². The van der Waals surface area contributed by atoms with Crippen molar-refractivity contribution in [1.29, 1.82) is 0 Å². The Bertz CT molecular complexity index is 1450. The van der Waals surface area contributed by atoms with E-state index >= 15 is 0 Å². The van der Waals surface area contributed by atoms with Gasteiger partial charge in [-0.2, -0.15) is 0 Å². The number of nitrogens with one attached hydrogen (secondary N) is 5. The number of carbonyl (C=O) groups is 6. The van der Waals surface area contributed by atoms with Crippen molar-refractivity contribution >= 4 is 35.3 Å². The summed E-state index contributed by atoms with van der Waals surface area (Å²) in [6.07, 6.45) is 7.76. The molecule has 1 aromatic carbocycles. The molecule has 1 aromatic heterocycles. The third kappa shape index (κ3) is 11.7. The first-order chi connectivity index (χ1) is 23.8. The van der Waals surface area contributed by atoms with Crippen molar-refractivity contribution in [3.8, 4) is 0 Å². The number of nitrogens with zero attached hydrogens (tertiary/aromatic N) is 2. The van der Waals surface area contributed by atoms with Crippen molar-refractivity contribution in [2.45, 2.75) is 104 Å². The molecule has 6 atom stereocenters. The maximum Gasteiger partial charge on any atom is 0.290 e. The molecule has 1 unspecified atom stereocenters. The fourth-order valence-corrected chi connectivity index (χ4v) is 6.24. The molecular formula is C37H53N7O6. The van der Waals surface area contributed by atoms with Gasteiger partial charge in [-0.15, -0.1) is 0 Å². The summed E-state index contributed by atoms with van der Waals surface area (Å²) >= 11 is 0. The zero-order chi connectivity index (χ0) is 36.8. The molecular weight excluding hydrogens is 638 g/mol. The lowest BCUT2D eigenvalue weighted by molar-refractivity contribution is -0.140. The van der Waals surface area contributed by atoms with Gasteiger partial charge in [-0.05, 0) is 55.4 Å². The minimum Gasteiger partial charge on any atom is -0.354 e. The fraction of sp³-hybridized carbons (Fsp3) is 0.568. The number of rotatable bonds is 18. The minimum absolute atomic E-state index is 0.0201. The van der Waals surface area contributed by atoms with Crippen LogP contribution < -0.4 is 26.6 Å². The number of ketones is 1. The summed E-state index contributed by atoms with van der Waals surface area (Å²) in [6.45, 7) is 11.3. The van der Waals surface area contributed by atoms with E-state index in [1.54, 1.807) is 20.8 Å². The lowest BCUT2D eigenvalue weighted by Gasteiger charge is -2.28. The van der Waals surface area contributed by atoms with Crippen molar-refractivity contribution < 1.29 is 28.8 Å². The van der Waals surface area contributed by atoms with Gasteiger partial charge in [-0.3, -0.25) is 33.8 Å². The van der Waals surface area contributed by atoms with Crippen LogP contribution in [0.15, 0.2) is 48.9 Å². The second kappa shape index (κ2) is 19.5. The SMILES string of the molecule is CCCC(NC(=O)C[C@H]1CCC[C@H]1CNC(=O)[C@@H](NC(=O)[C@H](NC(=O)c1cnccn1)C(C)C)C(C)C)C(=O)C(=O)N[C@H](C)c1ccccc1. The van der Waals surface area contributed by atoms with Gasteiger partial charge in [0.25, 0.3) is 11.8 Å². The van der Waals surface area contributed by atoms with E-state index in [-0.39, 0.29) is 53.6 Å². The van der Waals surface area contributed by atoms with Crippen molar-refractivity contribution in [3.05, 3.63) is 60.2 Å². The lowest BCUT2D eigenvalue weighted by atomic mass is 9.91. The molecule has 1 saturated carbocycles. The molecule has 0 radical (unpaired) electrons. The average Bonchev–Trinajstić information content (AvgIpc) is 3.54. The number of amides is 5. The van der Waals surface area contributed by atoms with Gasteiger partial charge in [0.2, 0.25) is 23.5 Å². The van der Waals surface area contributed by atoms with Crippen molar-refractivity contribution in [3.63, 3.8) is 0 Å². The van der Waals surface area contributed by atoms with Crippen LogP contribution in [-0.2, 0) is 24.0 Å². The van der Waals surface area contributed by atoms with Crippen LogP contribution in [0, 0.1) is 23.7 Å². The van der Waals surface area contributed by atoms with Crippen LogP contribution in [0.25, 0.3) is 0 Å². The molecule has 13 nitrogen and oxygen atoms in total. The van der Waals surface area contributed by atoms with Gasteiger partial charge in [0.1, 0.15) is 17.8 Å². The Labute approximate surface area is 294 Å². The van der Waals surface area contributed by atoms with Crippen LogP contribution in [0.4, 0.5) is 0 Å². The highest BCUT2D eigenvalue weighted by molar-refractivity contribution is 6.38. The van der Waals surface area contributed by atoms with E-state index in [0.29, 0.717) is 19.4 Å². The Hall–Kier alpha value is -4.68. The molecule has 1 aliphatic rings. The molecule has 0 spiro atoms. The zero-order valence-electron chi connectivity index (χ0n) is 30.0. The summed E-state index contributed by atoms with van der Waals surface area (Å²) in [6, 6.07) is 6.28. The molecule has 5 N–H and O–H groups in total. The average molecular weight is 692 g/mol. The second-order valence-corrected chi connectivity index (χ2v) is 13.8. The van der Waals surface area contributed by atoms with Gasteiger partial charge in [0, 0.05) is 25.4 Å². The molecule has 272 valence electrons. The third-order valence-corrected chi connectivity index (χ3v) is 9.18. The second-order valence-electron chi connectivity index (χ2n) is 13.8. The molecule has 1 aliphatic carbocycles. The maximum absolute atomic E-state index is 13.4. The van der Waals surface area contributed by atoms with E-state index in [9.17, 15) is 28.8 Å². The van der Waals surface area contributed by atoms with Gasteiger partial charge in [-0.1, -0.05) is 77.8 Å². The number of hydrogen-bond acceptors (Lipinski definition) is 8. The van der Waals surface area contributed by atoms with Crippen molar-refractivity contribution in [1.82, 2.24) is 36.6 Å². The van der Waals surface area contributed by atoms with E-state index in [0.717, 1.165) is 24.8 Å². The number of carbonyl (C=O) groups excluding carboxylic acids is 6. The van der Waals surface area contributed by atoms with Gasteiger partial charge in [-0.25, -0.2) is 4.98 Å². The molecule has 50 heavy (non-hydrogen) atoms. The highest BCUT2D eigenvalue weighted by atomic mass is 16.2. The number of hydrogen-bond donors (Lipinski definition) is 5. The Balaban J connectivity index is 1.54. The molecule has 1 heterocycles. The van der Waals surface area contributed by atoms with Crippen LogP contribution >= 0.6 is 0 Å². The van der Waals surface area contributed by atoms with Crippen LogP contribution in [-0.4, -0.2) is 70.0 Å². The molecule has 5 amide bonds. The molecule has 3 rings (SSSR count). The molecule has 1 fully saturated rings. The Morgan fingerprint density at radius 2 is 1.46 bits per heavy atom. The largest absolute Gasteiger partial charge is 0.354 e. The predicted octanol–water partition coefficient (Wildman–Crippen LogP) is 3.03. The maximum atomic E-state index is 13.4. The molecule has 0 aliphatic heterocycles. The van der Waals surface area contributed by atoms with E-state index < -0.39 is 41.6 Å². The number of Topliss-reactive ketones (excluding diaryl/α,β-unsaturated/α-hetero) is 1. The fourth-order valence-electron chi connectivity index (χ4n) is 6.24. The van der Waals surface area contributed by atoms with Crippen LogP contribution in [0.3, 0.4) is 0 Å². The van der Waals surface area contributed by atoms with Gasteiger partial charge in [0.15, 0.2) is 0 Å². The molecule has 0 saturated heterocycles. The van der Waals surface area contributed by atoms with E-state index in [1.165, 1.54) is 18.6 Å². The Kier molecular flexibility index (Phi) is 15.5. The van der Waals surface area contributed by atoms with Crippen LogP contribution in [0.1, 0.15) is 102 Å². The first-order valence-corrected chi connectivity index (χ1v) is 17.7. The normalized spacial score (nSPS) is 18.0. The van der Waals surface area contributed by atoms with Crippen LogP contribution in [0.5, 0.6) is 0 Å². The van der Waals surface area contributed by atoms with E-state index in [1.807, 2.05) is 51.1 Å². The highest BCUT2D eigenvalue weighted by Gasteiger charge is 2.34. The van der Waals surface area contributed by atoms with Gasteiger partial charge in [0.05, 0.1) is 18.3 Å². The summed E-state index contributed by atoms with van der Waals surface area (Å²) in [4.78, 5) is 86.3. The minimum atomic E-state index is -0.925. The quantitative estimate of drug-likeness (QED) is 0.148. The van der Waals surface area contributed by atoms with Gasteiger partial charge >= 0.3 is 0 Å². The topological polar surface area (TPSA) is 188 Å². The first kappa shape index (κ1) is 39.8. The Morgan fingerprint density at radius 1 is 0.800 bits per heavy atom. The molecule has 0 bridgehead atoms. The lowest BCUT2D eigenvalue weighted by Crippen LogP contribution is -2.57. The monoisotopic (exact) mass is 691 g/mol. The smallest absolute Gasteiger partial charge is 0.290 e. The van der Waals surface area contributed by atoms with E-state index in [4.69, 9.17) is 0 Å². The van der Waals surface area contributed by atoms with Crippen molar-refractivity contribution in [2.24, 2.45) is 23.7 Å². The molecule has 2 aromatic rings. The van der Waals surface area contributed by atoms with Crippen LogP contribution in [0.2, 0.25) is 0 Å².